The summed E-state index contributed by atoms with van der Waals surface area (Å²) < 4.78 is 19.0. The van der Waals surface area contributed by atoms with Crippen LogP contribution in [0.1, 0.15) is 15.9 Å². The maximum atomic E-state index is 13.7. The third-order valence-corrected chi connectivity index (χ3v) is 3.53. The van der Waals surface area contributed by atoms with Crippen molar-refractivity contribution >= 4 is 35.5 Å². The fraction of sp³-hybridized carbons (Fsp3) is 0.125. The minimum atomic E-state index is -1.49. The number of carboxylic acids is 1. The quantitative estimate of drug-likeness (QED) is 0.575. The van der Waals surface area contributed by atoms with Gasteiger partial charge in [0.25, 0.3) is 0 Å². The summed E-state index contributed by atoms with van der Waals surface area (Å²) in [5.41, 5.74) is 0.328. The molecule has 0 aliphatic carbocycles. The van der Waals surface area contributed by atoms with Crippen molar-refractivity contribution in [2.24, 2.45) is 0 Å². The Labute approximate surface area is 147 Å². The molecule has 1 atom stereocenters. The molecule has 0 saturated heterocycles. The van der Waals surface area contributed by atoms with E-state index in [-0.39, 0.29) is 28.4 Å². The molecule has 2 aromatic rings. The van der Waals surface area contributed by atoms with Gasteiger partial charge < -0.3 is 9.84 Å². The van der Waals surface area contributed by atoms with E-state index in [9.17, 15) is 19.1 Å². The van der Waals surface area contributed by atoms with Gasteiger partial charge in [-0.25, -0.2) is 9.18 Å². The molecule has 24 heavy (non-hydrogen) atoms. The summed E-state index contributed by atoms with van der Waals surface area (Å²) >= 11 is 11.4. The van der Waals surface area contributed by atoms with Gasteiger partial charge in [-0.2, -0.15) is 0 Å². The molecular formula is C16H12Cl2FNO4. The van der Waals surface area contributed by atoms with Crippen LogP contribution in [0.3, 0.4) is 0 Å². The maximum absolute atomic E-state index is 13.7. The molecule has 0 heterocycles. The van der Waals surface area contributed by atoms with Gasteiger partial charge in [-0.1, -0.05) is 29.3 Å². The van der Waals surface area contributed by atoms with Gasteiger partial charge in [0.15, 0.2) is 6.29 Å². The van der Waals surface area contributed by atoms with Crippen molar-refractivity contribution < 1.29 is 23.8 Å². The molecule has 8 heteroatoms. The largest absolute Gasteiger partial charge is 0.477 e. The Kier molecular flexibility index (Phi) is 6.14. The summed E-state index contributed by atoms with van der Waals surface area (Å²) in [6.07, 6.45) is -0.987. The van der Waals surface area contributed by atoms with Crippen molar-refractivity contribution in [3.63, 3.8) is 0 Å². The van der Waals surface area contributed by atoms with E-state index in [1.807, 2.05) is 0 Å². The monoisotopic (exact) mass is 371 g/mol. The first-order valence-corrected chi connectivity index (χ1v) is 7.48. The van der Waals surface area contributed by atoms with Crippen molar-refractivity contribution in [3.05, 3.63) is 63.4 Å². The lowest BCUT2D eigenvalue weighted by molar-refractivity contribution is -0.146. The molecule has 0 amide bonds. The highest BCUT2D eigenvalue weighted by Crippen LogP contribution is 2.22. The Hall–Kier alpha value is -2.15. The summed E-state index contributed by atoms with van der Waals surface area (Å²) in [6.45, 7) is -0.107. The topological polar surface area (TPSA) is 75.6 Å². The van der Waals surface area contributed by atoms with Gasteiger partial charge in [-0.05, 0) is 30.3 Å². The van der Waals surface area contributed by atoms with Gasteiger partial charge in [-0.15, -0.1) is 0 Å². The second kappa shape index (κ2) is 8.10. The predicted octanol–water partition coefficient (Wildman–Crippen LogP) is 3.52. The normalized spacial score (nSPS) is 11.8. The highest BCUT2D eigenvalue weighted by atomic mass is 35.5. The molecule has 5 nitrogen and oxygen atoms in total. The maximum Gasteiger partial charge on any atom is 0.360 e. The molecule has 0 aromatic heterocycles. The van der Waals surface area contributed by atoms with E-state index in [0.29, 0.717) is 11.3 Å². The van der Waals surface area contributed by atoms with Gasteiger partial charge in [0.05, 0.1) is 5.56 Å². The van der Waals surface area contributed by atoms with Crippen molar-refractivity contribution in [1.82, 2.24) is 5.32 Å². The molecule has 2 N–H and O–H groups in total. The summed E-state index contributed by atoms with van der Waals surface area (Å²) in [5, 5.41) is 12.3. The van der Waals surface area contributed by atoms with E-state index >= 15 is 0 Å². The molecule has 1 unspecified atom stereocenters. The zero-order valence-electron chi connectivity index (χ0n) is 12.1. The molecule has 2 aromatic carbocycles. The molecule has 0 bridgehead atoms. The lowest BCUT2D eigenvalue weighted by Crippen LogP contribution is -2.41. The van der Waals surface area contributed by atoms with Crippen molar-refractivity contribution in [1.29, 1.82) is 0 Å². The average Bonchev–Trinajstić information content (AvgIpc) is 2.53. The minimum absolute atomic E-state index is 0.0471. The molecule has 2 rings (SSSR count). The van der Waals surface area contributed by atoms with Crippen LogP contribution in [0.15, 0.2) is 36.4 Å². The fourth-order valence-electron chi connectivity index (χ4n) is 1.89. The van der Waals surface area contributed by atoms with E-state index in [4.69, 9.17) is 27.9 Å². The van der Waals surface area contributed by atoms with Crippen LogP contribution >= 0.6 is 23.2 Å². The van der Waals surface area contributed by atoms with E-state index in [0.717, 1.165) is 6.07 Å². The molecule has 0 aliphatic rings. The first-order valence-electron chi connectivity index (χ1n) is 6.72. The number of carboxylic acid groups (broad SMARTS) is 1. The van der Waals surface area contributed by atoms with Crippen LogP contribution in [-0.4, -0.2) is 23.6 Å². The number of carbonyl (C=O) groups is 2. The Bertz CT molecular complexity index is 770. The van der Waals surface area contributed by atoms with E-state index < -0.39 is 18.0 Å². The average molecular weight is 372 g/mol. The van der Waals surface area contributed by atoms with Crippen LogP contribution in [0.4, 0.5) is 4.39 Å². The Morgan fingerprint density at radius 1 is 1.25 bits per heavy atom. The highest BCUT2D eigenvalue weighted by molar-refractivity contribution is 6.31. The first kappa shape index (κ1) is 18.2. The van der Waals surface area contributed by atoms with E-state index in [2.05, 4.69) is 5.32 Å². The van der Waals surface area contributed by atoms with Crippen LogP contribution in [0.2, 0.25) is 10.0 Å². The molecular weight excluding hydrogens is 360 g/mol. The smallest absolute Gasteiger partial charge is 0.360 e. The molecule has 0 saturated carbocycles. The van der Waals surface area contributed by atoms with Crippen molar-refractivity contribution in [3.8, 4) is 5.75 Å². The Balaban J connectivity index is 2.13. The zero-order valence-corrected chi connectivity index (χ0v) is 13.6. The fourth-order valence-corrected chi connectivity index (χ4v) is 2.23. The lowest BCUT2D eigenvalue weighted by atomic mass is 10.2. The van der Waals surface area contributed by atoms with E-state index in [1.54, 1.807) is 0 Å². The SMILES string of the molecule is O=Cc1cc(Cl)ccc1OC(NCc1ccc(Cl)cc1F)C(=O)O. The predicted molar refractivity (Wildman–Crippen MR) is 87.1 cm³/mol. The van der Waals surface area contributed by atoms with Crippen LogP contribution in [0.25, 0.3) is 0 Å². The van der Waals surface area contributed by atoms with Crippen LogP contribution in [0, 0.1) is 5.82 Å². The number of ether oxygens (including phenoxy) is 1. The minimum Gasteiger partial charge on any atom is -0.477 e. The summed E-state index contributed by atoms with van der Waals surface area (Å²) in [4.78, 5) is 22.3. The summed E-state index contributed by atoms with van der Waals surface area (Å²) in [6, 6.07) is 8.24. The van der Waals surface area contributed by atoms with Gasteiger partial charge in [0.2, 0.25) is 6.23 Å². The first-order chi connectivity index (χ1) is 11.4. The molecule has 0 radical (unpaired) electrons. The molecule has 0 aliphatic heterocycles. The molecule has 0 fully saturated rings. The number of aldehydes is 1. The number of hydrogen-bond acceptors (Lipinski definition) is 4. The zero-order chi connectivity index (χ0) is 17.7. The van der Waals surface area contributed by atoms with Gasteiger partial charge in [0, 0.05) is 22.2 Å². The van der Waals surface area contributed by atoms with Crippen LogP contribution < -0.4 is 10.1 Å². The third-order valence-electron chi connectivity index (χ3n) is 3.06. The number of nitrogens with one attached hydrogen (secondary N) is 1. The summed E-state index contributed by atoms with van der Waals surface area (Å²) in [5.74, 6) is -1.85. The van der Waals surface area contributed by atoms with Crippen molar-refractivity contribution in [2.45, 2.75) is 12.8 Å². The van der Waals surface area contributed by atoms with Crippen molar-refractivity contribution in [2.75, 3.05) is 0 Å². The van der Waals surface area contributed by atoms with Gasteiger partial charge in [-0.3, -0.25) is 10.1 Å². The third kappa shape index (κ3) is 4.67. The second-order valence-electron chi connectivity index (χ2n) is 4.75. The number of carbonyl (C=O) groups excluding carboxylic acids is 1. The van der Waals surface area contributed by atoms with E-state index in [1.165, 1.54) is 30.3 Å². The number of aliphatic carboxylic acids is 1. The Morgan fingerprint density at radius 2 is 1.92 bits per heavy atom. The standard InChI is InChI=1S/C16H12Cl2FNO4/c17-11-3-4-14(10(5-11)8-21)24-15(16(22)23)20-7-9-1-2-12(18)6-13(9)19/h1-6,8,15,20H,7H2,(H,22,23). The number of rotatable bonds is 7. The highest BCUT2D eigenvalue weighted by Gasteiger charge is 2.21. The number of hydrogen-bond donors (Lipinski definition) is 2. The summed E-state index contributed by atoms with van der Waals surface area (Å²) in [7, 11) is 0. The Morgan fingerprint density at radius 3 is 2.54 bits per heavy atom. The van der Waals surface area contributed by atoms with Crippen LogP contribution in [-0.2, 0) is 11.3 Å². The second-order valence-corrected chi connectivity index (χ2v) is 5.63. The number of benzene rings is 2. The van der Waals surface area contributed by atoms with Gasteiger partial charge >= 0.3 is 5.97 Å². The van der Waals surface area contributed by atoms with Gasteiger partial charge in [0.1, 0.15) is 11.6 Å². The van der Waals surface area contributed by atoms with Crippen LogP contribution in [0.5, 0.6) is 5.75 Å². The lowest BCUT2D eigenvalue weighted by Gasteiger charge is -2.18. The molecule has 126 valence electrons. The number of halogens is 3. The molecule has 0 spiro atoms.